The van der Waals surface area contributed by atoms with Gasteiger partial charge in [-0.25, -0.2) is 4.98 Å². The molecule has 5 nitrogen and oxygen atoms in total. The van der Waals surface area contributed by atoms with Gasteiger partial charge in [0.2, 0.25) is 5.16 Å². The number of carbonyl (C=O) groups is 1. The van der Waals surface area contributed by atoms with E-state index in [4.69, 9.17) is 5.11 Å². The molecule has 0 aliphatic rings. The van der Waals surface area contributed by atoms with Gasteiger partial charge in [-0.1, -0.05) is 42.1 Å². The van der Waals surface area contributed by atoms with E-state index < -0.39 is 11.2 Å². The largest absolute Gasteiger partial charge is 0.480 e. The van der Waals surface area contributed by atoms with Crippen molar-refractivity contribution >= 4 is 17.7 Å². The average Bonchev–Trinajstić information content (AvgIpc) is 2.78. The zero-order valence-corrected chi connectivity index (χ0v) is 9.94. The highest BCUT2D eigenvalue weighted by molar-refractivity contribution is 8.00. The van der Waals surface area contributed by atoms with Crippen molar-refractivity contribution in [3.8, 4) is 11.4 Å². The first kappa shape index (κ1) is 11.7. The fourth-order valence-electron chi connectivity index (χ4n) is 1.23. The van der Waals surface area contributed by atoms with Gasteiger partial charge < -0.3 is 5.11 Å². The number of thioether (sulfide) groups is 1. The van der Waals surface area contributed by atoms with E-state index in [0.717, 1.165) is 17.3 Å². The van der Waals surface area contributed by atoms with E-state index in [1.807, 2.05) is 30.3 Å². The van der Waals surface area contributed by atoms with Crippen LogP contribution in [-0.2, 0) is 4.79 Å². The van der Waals surface area contributed by atoms with Gasteiger partial charge >= 0.3 is 5.97 Å². The molecule has 17 heavy (non-hydrogen) atoms. The summed E-state index contributed by atoms with van der Waals surface area (Å²) in [4.78, 5) is 14.9. The highest BCUT2D eigenvalue weighted by Crippen LogP contribution is 2.22. The van der Waals surface area contributed by atoms with Gasteiger partial charge in [-0.15, -0.1) is 5.10 Å². The summed E-state index contributed by atoms with van der Waals surface area (Å²) in [5, 5.41) is 15.4. The molecular formula is C11H11N3O2S. The number of hydrogen-bond acceptors (Lipinski definition) is 4. The first-order chi connectivity index (χ1) is 8.16. The van der Waals surface area contributed by atoms with Crippen molar-refractivity contribution in [2.24, 2.45) is 0 Å². The van der Waals surface area contributed by atoms with E-state index in [-0.39, 0.29) is 0 Å². The number of nitrogens with one attached hydrogen (secondary N) is 1. The molecule has 0 bridgehead atoms. The van der Waals surface area contributed by atoms with Crippen LogP contribution in [0, 0.1) is 0 Å². The number of carboxylic acids is 1. The molecule has 1 unspecified atom stereocenters. The Morgan fingerprint density at radius 2 is 2.12 bits per heavy atom. The minimum absolute atomic E-state index is 0.443. The van der Waals surface area contributed by atoms with E-state index in [1.54, 1.807) is 6.92 Å². The predicted octanol–water partition coefficient (Wildman–Crippen LogP) is 2.04. The normalized spacial score (nSPS) is 12.3. The molecule has 2 rings (SSSR count). The summed E-state index contributed by atoms with van der Waals surface area (Å²) in [7, 11) is 0. The van der Waals surface area contributed by atoms with Crippen LogP contribution < -0.4 is 0 Å². The smallest absolute Gasteiger partial charge is 0.316 e. The highest BCUT2D eigenvalue weighted by Gasteiger charge is 2.15. The summed E-state index contributed by atoms with van der Waals surface area (Å²) < 4.78 is 0. The maximum atomic E-state index is 10.7. The van der Waals surface area contributed by atoms with Crippen LogP contribution in [0.1, 0.15) is 6.92 Å². The summed E-state index contributed by atoms with van der Waals surface area (Å²) in [5.41, 5.74) is 0.926. The third-order valence-electron chi connectivity index (χ3n) is 2.14. The molecule has 0 amide bonds. The van der Waals surface area contributed by atoms with Gasteiger partial charge in [0.25, 0.3) is 0 Å². The molecule has 0 fully saturated rings. The number of aromatic amines is 1. The van der Waals surface area contributed by atoms with E-state index in [2.05, 4.69) is 15.2 Å². The van der Waals surface area contributed by atoms with Gasteiger partial charge in [-0.2, -0.15) is 0 Å². The number of benzene rings is 1. The van der Waals surface area contributed by atoms with Crippen LogP contribution in [0.2, 0.25) is 0 Å². The number of H-pyrrole nitrogens is 1. The van der Waals surface area contributed by atoms with Gasteiger partial charge in [-0.05, 0) is 6.92 Å². The number of aliphatic carboxylic acids is 1. The van der Waals surface area contributed by atoms with Crippen LogP contribution in [-0.4, -0.2) is 31.5 Å². The Kier molecular flexibility index (Phi) is 3.43. The third kappa shape index (κ3) is 2.85. The molecule has 6 heteroatoms. The molecule has 1 aromatic carbocycles. The Labute approximate surface area is 102 Å². The van der Waals surface area contributed by atoms with Gasteiger partial charge in [0.1, 0.15) is 5.25 Å². The summed E-state index contributed by atoms with van der Waals surface area (Å²) >= 11 is 1.11. The Morgan fingerprint density at radius 3 is 2.76 bits per heavy atom. The zero-order chi connectivity index (χ0) is 12.3. The van der Waals surface area contributed by atoms with Crippen LogP contribution >= 0.6 is 11.8 Å². The molecule has 1 aromatic heterocycles. The van der Waals surface area contributed by atoms with Gasteiger partial charge in [0, 0.05) is 5.56 Å². The number of carboxylic acid groups (broad SMARTS) is 1. The fraction of sp³-hybridized carbons (Fsp3) is 0.182. The summed E-state index contributed by atoms with van der Waals surface area (Å²) in [6.07, 6.45) is 0. The van der Waals surface area contributed by atoms with E-state index >= 15 is 0 Å². The van der Waals surface area contributed by atoms with E-state index in [1.165, 1.54) is 0 Å². The summed E-state index contributed by atoms with van der Waals surface area (Å²) in [5.74, 6) is -0.230. The molecule has 0 spiro atoms. The Hall–Kier alpha value is -1.82. The Bertz CT molecular complexity index is 512. The summed E-state index contributed by atoms with van der Waals surface area (Å²) in [6.45, 7) is 1.60. The maximum Gasteiger partial charge on any atom is 0.316 e. The second kappa shape index (κ2) is 5.01. The van der Waals surface area contributed by atoms with Crippen LogP contribution in [0.4, 0.5) is 0 Å². The monoisotopic (exact) mass is 249 g/mol. The SMILES string of the molecule is CC(Sc1n[nH]c(-c2ccccc2)n1)C(=O)O. The quantitative estimate of drug-likeness (QED) is 0.810. The number of nitrogens with zero attached hydrogens (tertiary/aromatic N) is 2. The van der Waals surface area contributed by atoms with Crippen molar-refractivity contribution in [3.63, 3.8) is 0 Å². The predicted molar refractivity (Wildman–Crippen MR) is 64.8 cm³/mol. The molecule has 1 atom stereocenters. The maximum absolute atomic E-state index is 10.7. The number of rotatable bonds is 4. The fourth-order valence-corrected chi connectivity index (χ4v) is 1.89. The van der Waals surface area contributed by atoms with Gasteiger partial charge in [-0.3, -0.25) is 9.89 Å². The van der Waals surface area contributed by atoms with Crippen LogP contribution in [0.25, 0.3) is 11.4 Å². The molecule has 88 valence electrons. The Balaban J connectivity index is 2.14. The summed E-state index contributed by atoms with van der Waals surface area (Å²) in [6, 6.07) is 9.56. The van der Waals surface area contributed by atoms with Gasteiger partial charge in [0.15, 0.2) is 5.82 Å². The molecule has 0 radical (unpaired) electrons. The lowest BCUT2D eigenvalue weighted by atomic mass is 10.2. The third-order valence-corrected chi connectivity index (χ3v) is 3.09. The lowest BCUT2D eigenvalue weighted by Gasteiger charge is -1.99. The van der Waals surface area contributed by atoms with Crippen LogP contribution in [0.15, 0.2) is 35.5 Å². The molecule has 0 aliphatic carbocycles. The molecule has 0 aliphatic heterocycles. The van der Waals surface area contributed by atoms with Gasteiger partial charge in [0.05, 0.1) is 0 Å². The minimum Gasteiger partial charge on any atom is -0.480 e. The second-order valence-electron chi connectivity index (χ2n) is 3.43. The Morgan fingerprint density at radius 1 is 1.41 bits per heavy atom. The molecule has 1 heterocycles. The van der Waals surface area contributed by atoms with Crippen molar-refractivity contribution in [1.29, 1.82) is 0 Å². The van der Waals surface area contributed by atoms with Crippen molar-refractivity contribution in [3.05, 3.63) is 30.3 Å². The van der Waals surface area contributed by atoms with Crippen molar-refractivity contribution in [2.45, 2.75) is 17.3 Å². The van der Waals surface area contributed by atoms with Crippen molar-refractivity contribution in [1.82, 2.24) is 15.2 Å². The minimum atomic E-state index is -0.874. The standard InChI is InChI=1S/C11H11N3O2S/c1-7(10(15)16)17-11-12-9(13-14-11)8-5-3-2-4-6-8/h2-7H,1H3,(H,15,16)(H,12,13,14). The average molecular weight is 249 g/mol. The first-order valence-corrected chi connectivity index (χ1v) is 5.92. The molecule has 0 saturated heterocycles. The lowest BCUT2D eigenvalue weighted by molar-refractivity contribution is -0.136. The van der Waals surface area contributed by atoms with Crippen molar-refractivity contribution < 1.29 is 9.90 Å². The van der Waals surface area contributed by atoms with Crippen LogP contribution in [0.5, 0.6) is 0 Å². The molecule has 2 aromatic rings. The second-order valence-corrected chi connectivity index (χ2v) is 4.74. The lowest BCUT2D eigenvalue weighted by Crippen LogP contribution is -2.11. The first-order valence-electron chi connectivity index (χ1n) is 5.04. The molecule has 2 N–H and O–H groups in total. The number of aromatic nitrogens is 3. The highest BCUT2D eigenvalue weighted by atomic mass is 32.2. The topological polar surface area (TPSA) is 78.9 Å². The number of hydrogen-bond donors (Lipinski definition) is 2. The van der Waals surface area contributed by atoms with E-state index in [0.29, 0.717) is 11.0 Å². The zero-order valence-electron chi connectivity index (χ0n) is 9.12. The van der Waals surface area contributed by atoms with Crippen molar-refractivity contribution in [2.75, 3.05) is 0 Å². The van der Waals surface area contributed by atoms with Crippen LogP contribution in [0.3, 0.4) is 0 Å². The molecule has 0 saturated carbocycles. The molecular weight excluding hydrogens is 238 g/mol. The van der Waals surface area contributed by atoms with E-state index in [9.17, 15) is 4.79 Å².